The SMILES string of the molecule is CC.CC.CC.CC.CC(=O)Nc1c(C)c(NC(C)=O)c(C)c(C(=O)OCCCCCC(=O)OC2CCCCC2)c1C.CC(=O)[C@H](C)/C=C(\C)C(O)CC(=O)C(C)C[C@H](C)/C=C/C=C/C=C(\C)CCCCCC(C)C(O)(O)C(=O)C(=O)N1CCCCC1C(=O)OCC(C)C. The summed E-state index contributed by atoms with van der Waals surface area (Å²) in [6, 6.07) is -0.901. The Labute approximate surface area is 567 Å². The highest BCUT2D eigenvalue weighted by Gasteiger charge is 2.47. The second kappa shape index (κ2) is 52.1. The Morgan fingerprint density at radius 1 is 0.649 bits per heavy atom. The van der Waals surface area contributed by atoms with Gasteiger partial charge in [-0.1, -0.05) is 158 Å². The number of aliphatic hydroxyl groups excluding tert-OH is 1. The predicted molar refractivity (Wildman–Crippen MR) is 380 cm³/mol. The second-order valence-electron chi connectivity index (χ2n) is 24.5. The molecule has 18 nitrogen and oxygen atoms in total. The van der Waals surface area contributed by atoms with Crippen molar-refractivity contribution in [3.8, 4) is 0 Å². The van der Waals surface area contributed by atoms with Crippen molar-refractivity contribution in [2.45, 2.75) is 298 Å². The standard InChI is InChI=1S/C42H67NO9.C26H38N2O6.4C2H6/c1-28(2)27-52-41(49)36-22-16-17-23-43(36)40(48)39(47)42(50,51)34(8)21-15-11-13-19-29(3)18-12-10-14-20-30(4)24-32(6)37(45)26-38(46)33(7)25-31(5)35(9)44;1-16-23(17(2)25(28-20(5)30)18(3)24(16)27-19(4)29)26(32)33-15-11-7-10-14-22(31)34-21-12-8-6-9-13-21;4*1-2/h10,12,14,18,20,25,28,30-32,34,36,38,46,50-51H,11,13,15-17,19,21-24,26-27H2,1-9H3;21H,6-15H2,1-5H3,(H,27,29)(H,28,30);4*1-2H3/b12-10+,20-14+,29-18+,33-25+;;;;;/t30-,31-,32?,34?,36?,38?;;;;;/m1...../s1. The third kappa shape index (κ3) is 36.1. The molecule has 2 fully saturated rings. The molecule has 94 heavy (non-hydrogen) atoms. The van der Waals surface area contributed by atoms with Gasteiger partial charge in [-0.15, -0.1) is 0 Å². The highest BCUT2D eigenvalue weighted by molar-refractivity contribution is 6.39. The Kier molecular flexibility index (Phi) is 51.1. The van der Waals surface area contributed by atoms with Gasteiger partial charge in [0.2, 0.25) is 17.6 Å². The summed E-state index contributed by atoms with van der Waals surface area (Å²) in [6.07, 6.45) is 24.7. The van der Waals surface area contributed by atoms with E-state index in [0.717, 1.165) is 56.3 Å². The number of allylic oxidation sites excluding steroid dienone is 7. The predicted octanol–water partition coefficient (Wildman–Crippen LogP) is 15.8. The molecule has 1 aromatic carbocycles. The van der Waals surface area contributed by atoms with E-state index in [1.165, 1.54) is 32.8 Å². The summed E-state index contributed by atoms with van der Waals surface area (Å²) in [5, 5.41) is 37.4. The first-order valence-corrected chi connectivity index (χ1v) is 35.3. The third-order valence-electron chi connectivity index (χ3n) is 16.1. The minimum atomic E-state index is -2.82. The highest BCUT2D eigenvalue weighted by atomic mass is 16.5. The Morgan fingerprint density at radius 3 is 1.73 bits per heavy atom. The minimum absolute atomic E-state index is 0.00127. The van der Waals surface area contributed by atoms with Crippen molar-refractivity contribution in [3.05, 3.63) is 69.9 Å². The number of benzene rings is 1. The summed E-state index contributed by atoms with van der Waals surface area (Å²) < 4.78 is 16.3. The first-order chi connectivity index (χ1) is 44.4. The molecular formula is C76H129N3O15. The number of unbranched alkanes of at least 4 members (excludes halogenated alkanes) is 4. The van der Waals surface area contributed by atoms with Crippen LogP contribution in [0.1, 0.15) is 281 Å². The summed E-state index contributed by atoms with van der Waals surface area (Å²) in [4.78, 5) is 112. The fraction of sp³-hybridized carbons (Fsp3) is 0.697. The molecule has 0 radical (unpaired) electrons. The van der Waals surface area contributed by atoms with Gasteiger partial charge in [0.1, 0.15) is 23.7 Å². The molecule has 1 saturated heterocycles. The number of piperidine rings is 1. The van der Waals surface area contributed by atoms with Gasteiger partial charge in [0.15, 0.2) is 0 Å². The van der Waals surface area contributed by atoms with Gasteiger partial charge < -0.3 is 45.1 Å². The number of hydrogen-bond acceptors (Lipinski definition) is 15. The largest absolute Gasteiger partial charge is 0.464 e. The van der Waals surface area contributed by atoms with Crippen molar-refractivity contribution >= 4 is 64.4 Å². The Morgan fingerprint density at radius 2 is 1.19 bits per heavy atom. The quantitative estimate of drug-likeness (QED) is 0.00833. The zero-order chi connectivity index (χ0) is 72.8. The van der Waals surface area contributed by atoms with Gasteiger partial charge >= 0.3 is 17.9 Å². The number of nitrogens with one attached hydrogen (secondary N) is 2. The monoisotopic (exact) mass is 1320 g/mol. The number of amides is 3. The molecule has 1 aromatic rings. The van der Waals surface area contributed by atoms with Crippen LogP contribution in [0.3, 0.4) is 0 Å². The van der Waals surface area contributed by atoms with Crippen LogP contribution in [0, 0.1) is 50.4 Å². The van der Waals surface area contributed by atoms with Gasteiger partial charge in [0.25, 0.3) is 11.7 Å². The van der Waals surface area contributed by atoms with Gasteiger partial charge in [-0.05, 0) is 166 Å². The number of ether oxygens (including phenoxy) is 3. The zero-order valence-corrected chi connectivity index (χ0v) is 62.3. The molecule has 5 N–H and O–H groups in total. The van der Waals surface area contributed by atoms with E-state index >= 15 is 0 Å². The number of nitrogens with zero attached hydrogens (tertiary/aromatic N) is 1. The van der Waals surface area contributed by atoms with E-state index in [2.05, 4.69) is 17.6 Å². The number of esters is 3. The van der Waals surface area contributed by atoms with Crippen molar-refractivity contribution in [1.29, 1.82) is 0 Å². The first-order valence-electron chi connectivity index (χ1n) is 35.3. The first kappa shape index (κ1) is 92.1. The molecule has 0 bridgehead atoms. The van der Waals surface area contributed by atoms with E-state index in [1.807, 2.05) is 113 Å². The molecule has 0 aromatic heterocycles. The second-order valence-corrected chi connectivity index (χ2v) is 24.5. The van der Waals surface area contributed by atoms with Crippen LogP contribution in [0.25, 0.3) is 0 Å². The lowest BCUT2D eigenvalue weighted by molar-refractivity contribution is -0.205. The van der Waals surface area contributed by atoms with Crippen molar-refractivity contribution < 1.29 is 72.7 Å². The van der Waals surface area contributed by atoms with Crippen LogP contribution >= 0.6 is 0 Å². The van der Waals surface area contributed by atoms with Crippen molar-refractivity contribution in [3.63, 3.8) is 0 Å². The van der Waals surface area contributed by atoms with E-state index in [0.29, 0.717) is 97.0 Å². The molecule has 3 rings (SSSR count). The highest BCUT2D eigenvalue weighted by Crippen LogP contribution is 2.36. The van der Waals surface area contributed by atoms with E-state index in [9.17, 15) is 58.5 Å². The fourth-order valence-corrected chi connectivity index (χ4v) is 10.5. The molecule has 2 aliphatic rings. The van der Waals surface area contributed by atoms with E-state index in [-0.39, 0.29) is 85.3 Å². The molecule has 538 valence electrons. The lowest BCUT2D eigenvalue weighted by Gasteiger charge is -2.36. The summed E-state index contributed by atoms with van der Waals surface area (Å²) in [7, 11) is 0. The number of rotatable bonds is 33. The van der Waals surface area contributed by atoms with Crippen molar-refractivity contribution in [2.24, 2.45) is 29.6 Å². The molecule has 18 heteroatoms. The molecule has 1 aliphatic heterocycles. The summed E-state index contributed by atoms with van der Waals surface area (Å²) >= 11 is 0. The van der Waals surface area contributed by atoms with Crippen LogP contribution in [0.2, 0.25) is 0 Å². The van der Waals surface area contributed by atoms with Crippen LogP contribution in [0.15, 0.2) is 47.6 Å². The molecular weight excluding hydrogens is 1190 g/mol. The summed E-state index contributed by atoms with van der Waals surface area (Å²) in [5.41, 5.74) is 5.00. The Bertz CT molecular complexity index is 2530. The summed E-state index contributed by atoms with van der Waals surface area (Å²) in [6.45, 7) is 41.0. The minimum Gasteiger partial charge on any atom is -0.464 e. The molecule has 3 amide bonds. The number of carbonyl (C=O) groups excluding carboxylic acids is 9. The van der Waals surface area contributed by atoms with E-state index in [4.69, 9.17) is 14.2 Å². The third-order valence-corrected chi connectivity index (χ3v) is 16.1. The molecule has 0 spiro atoms. The fourth-order valence-electron chi connectivity index (χ4n) is 10.5. The smallest absolute Gasteiger partial charge is 0.338 e. The summed E-state index contributed by atoms with van der Waals surface area (Å²) in [5.74, 6) is -8.00. The lowest BCUT2D eigenvalue weighted by Crippen LogP contribution is -2.57. The van der Waals surface area contributed by atoms with Crippen LogP contribution in [0.4, 0.5) is 11.4 Å². The Balaban J connectivity index is -0.00000170. The number of Topliss-reactive ketones (excluding diaryl/α,β-unsaturated/α-hetero) is 3. The average molecular weight is 1320 g/mol. The molecule has 4 unspecified atom stereocenters. The molecule has 1 heterocycles. The number of likely N-dealkylation sites (tertiary alicyclic amines) is 1. The topological polar surface area (TPSA) is 269 Å². The number of anilines is 2. The number of aliphatic hydroxyl groups is 3. The van der Waals surface area contributed by atoms with Gasteiger partial charge in [-0.25, -0.2) is 9.59 Å². The van der Waals surface area contributed by atoms with Gasteiger partial charge in [0.05, 0.1) is 24.9 Å². The maximum atomic E-state index is 13.1. The maximum Gasteiger partial charge on any atom is 0.338 e. The van der Waals surface area contributed by atoms with E-state index in [1.54, 1.807) is 47.6 Å². The van der Waals surface area contributed by atoms with Crippen LogP contribution in [-0.4, -0.2) is 117 Å². The van der Waals surface area contributed by atoms with Crippen LogP contribution in [0.5, 0.6) is 0 Å². The zero-order valence-electron chi connectivity index (χ0n) is 62.3. The van der Waals surface area contributed by atoms with Gasteiger partial charge in [0, 0.05) is 62.4 Å². The molecule has 6 atom stereocenters. The van der Waals surface area contributed by atoms with Gasteiger partial charge in [-0.3, -0.25) is 33.6 Å². The number of hydrogen-bond donors (Lipinski definition) is 5. The van der Waals surface area contributed by atoms with Crippen LogP contribution < -0.4 is 10.6 Å². The van der Waals surface area contributed by atoms with Crippen LogP contribution in [-0.2, 0) is 52.6 Å². The average Bonchev–Trinajstić information content (AvgIpc) is 0.785. The molecule has 1 saturated carbocycles. The van der Waals surface area contributed by atoms with Crippen molar-refractivity contribution in [2.75, 3.05) is 30.4 Å². The molecule has 1 aliphatic carbocycles. The van der Waals surface area contributed by atoms with E-state index < -0.39 is 47.5 Å². The number of ketones is 3. The maximum absolute atomic E-state index is 13.1. The normalized spacial score (nSPS) is 15.8. The number of carbonyl (C=O) groups is 9. The Hall–Kier alpha value is -6.11. The van der Waals surface area contributed by atoms with Gasteiger partial charge in [-0.2, -0.15) is 0 Å². The van der Waals surface area contributed by atoms with Crippen molar-refractivity contribution in [1.82, 2.24) is 4.90 Å². The lowest BCUT2D eigenvalue weighted by atomic mass is 9.89.